The number of furan rings is 1. The standard InChI is InChI=1S/C60H55BN2O/c1-58(2,3)41-24-28-44(29-25-41)63-50-31-27-43(60(7,8)9)37-47(50)48-34-40(38-18-12-10-13-19-38)35-52-56(48)61(63)57-51(32-33-54-55(57)45-22-16-17-23-53(45)64-54)62(52)49-30-26-42(59(4,5)6)36-46(49)39-20-14-11-15-21-39/h10-37H,1-9H3. The van der Waals surface area contributed by atoms with Crippen molar-refractivity contribution in [2.45, 2.75) is 78.6 Å². The molecular formula is C60H55BN2O. The summed E-state index contributed by atoms with van der Waals surface area (Å²) in [6.07, 6.45) is 0. The van der Waals surface area contributed by atoms with E-state index >= 15 is 0 Å². The molecule has 8 aromatic carbocycles. The molecule has 4 heteroatoms. The Kier molecular flexibility index (Phi) is 8.99. The highest BCUT2D eigenvalue weighted by molar-refractivity contribution is 6.95. The molecule has 2 aliphatic heterocycles. The molecule has 0 amide bonds. The van der Waals surface area contributed by atoms with Crippen LogP contribution in [0.3, 0.4) is 0 Å². The number of fused-ring (bicyclic) bond motifs is 8. The van der Waals surface area contributed by atoms with Crippen molar-refractivity contribution in [3.63, 3.8) is 0 Å². The summed E-state index contributed by atoms with van der Waals surface area (Å²) in [4.78, 5) is 5.23. The molecule has 0 saturated heterocycles. The molecule has 0 atom stereocenters. The van der Waals surface area contributed by atoms with Crippen LogP contribution in [-0.4, -0.2) is 6.85 Å². The van der Waals surface area contributed by atoms with Crippen LogP contribution in [-0.2, 0) is 16.2 Å². The zero-order valence-corrected chi connectivity index (χ0v) is 38.5. The third-order valence-corrected chi connectivity index (χ3v) is 13.7. The van der Waals surface area contributed by atoms with Crippen LogP contribution in [0.1, 0.15) is 79.0 Å². The average Bonchev–Trinajstić information content (AvgIpc) is 3.67. The zero-order chi connectivity index (χ0) is 44.3. The fourth-order valence-corrected chi connectivity index (χ4v) is 10.3. The molecule has 0 fully saturated rings. The lowest BCUT2D eigenvalue weighted by Gasteiger charge is -2.46. The van der Waals surface area contributed by atoms with Gasteiger partial charge in [0, 0.05) is 44.6 Å². The fourth-order valence-electron chi connectivity index (χ4n) is 10.3. The molecule has 0 spiro atoms. The summed E-state index contributed by atoms with van der Waals surface area (Å²) in [5.41, 5.74) is 21.3. The summed E-state index contributed by atoms with van der Waals surface area (Å²) in [5.74, 6) is 0. The smallest absolute Gasteiger partial charge is 0.333 e. The van der Waals surface area contributed by atoms with Crippen LogP contribution in [0.4, 0.5) is 28.4 Å². The molecule has 2 aliphatic rings. The van der Waals surface area contributed by atoms with E-state index in [0.717, 1.165) is 39.0 Å². The molecule has 0 bridgehead atoms. The van der Waals surface area contributed by atoms with Crippen molar-refractivity contribution in [2.24, 2.45) is 0 Å². The lowest BCUT2D eigenvalue weighted by atomic mass is 9.42. The van der Waals surface area contributed by atoms with Gasteiger partial charge in [0.25, 0.3) is 0 Å². The van der Waals surface area contributed by atoms with E-state index in [9.17, 15) is 0 Å². The van der Waals surface area contributed by atoms with E-state index in [0.29, 0.717) is 0 Å². The Morgan fingerprint density at radius 2 is 0.953 bits per heavy atom. The first-order valence-corrected chi connectivity index (χ1v) is 22.9. The first-order valence-electron chi connectivity index (χ1n) is 22.9. The van der Waals surface area contributed by atoms with Crippen LogP contribution in [0.15, 0.2) is 174 Å². The number of anilines is 5. The van der Waals surface area contributed by atoms with Crippen LogP contribution < -0.4 is 20.6 Å². The topological polar surface area (TPSA) is 19.6 Å². The molecule has 1 aromatic heterocycles. The molecular weight excluding hydrogens is 775 g/mol. The number of benzene rings is 8. The molecule has 3 heterocycles. The minimum absolute atomic E-state index is 0.0202. The van der Waals surface area contributed by atoms with E-state index in [-0.39, 0.29) is 23.1 Å². The van der Waals surface area contributed by atoms with Gasteiger partial charge in [-0.3, -0.25) is 0 Å². The summed E-state index contributed by atoms with van der Waals surface area (Å²) < 4.78 is 6.79. The monoisotopic (exact) mass is 830 g/mol. The highest BCUT2D eigenvalue weighted by Gasteiger charge is 2.47. The van der Waals surface area contributed by atoms with Gasteiger partial charge >= 0.3 is 6.85 Å². The van der Waals surface area contributed by atoms with E-state index in [4.69, 9.17) is 4.42 Å². The van der Waals surface area contributed by atoms with Crippen LogP contribution >= 0.6 is 0 Å². The Morgan fingerprint density at radius 1 is 0.391 bits per heavy atom. The predicted molar refractivity (Wildman–Crippen MR) is 274 cm³/mol. The summed E-state index contributed by atoms with van der Waals surface area (Å²) in [6, 6.07) is 63.7. The molecule has 64 heavy (non-hydrogen) atoms. The first-order chi connectivity index (χ1) is 30.6. The largest absolute Gasteiger partial charge is 0.456 e. The molecule has 11 rings (SSSR count). The van der Waals surface area contributed by atoms with Gasteiger partial charge in [-0.25, -0.2) is 0 Å². The molecule has 3 nitrogen and oxygen atoms in total. The predicted octanol–water partition coefficient (Wildman–Crippen LogP) is 15.5. The van der Waals surface area contributed by atoms with Crippen molar-refractivity contribution < 1.29 is 4.42 Å². The Balaban J connectivity index is 1.32. The number of hydrogen-bond acceptors (Lipinski definition) is 3. The highest BCUT2D eigenvalue weighted by Crippen LogP contribution is 2.52. The van der Waals surface area contributed by atoms with Gasteiger partial charge in [-0.1, -0.05) is 165 Å². The van der Waals surface area contributed by atoms with Crippen LogP contribution in [0, 0.1) is 0 Å². The van der Waals surface area contributed by atoms with Gasteiger partial charge in [-0.2, -0.15) is 0 Å². The number of rotatable bonds is 4. The summed E-state index contributed by atoms with van der Waals surface area (Å²) in [5, 5.41) is 2.29. The average molecular weight is 831 g/mol. The summed E-state index contributed by atoms with van der Waals surface area (Å²) >= 11 is 0. The van der Waals surface area contributed by atoms with Crippen LogP contribution in [0.2, 0.25) is 0 Å². The Hall–Kier alpha value is -6.78. The van der Waals surface area contributed by atoms with Gasteiger partial charge < -0.3 is 14.1 Å². The summed E-state index contributed by atoms with van der Waals surface area (Å²) in [6.45, 7) is 20.6. The van der Waals surface area contributed by atoms with E-state index < -0.39 is 0 Å². The van der Waals surface area contributed by atoms with Crippen molar-refractivity contribution in [3.8, 4) is 33.4 Å². The molecule has 0 N–H and O–H groups in total. The van der Waals surface area contributed by atoms with Crippen molar-refractivity contribution in [2.75, 3.05) is 9.71 Å². The van der Waals surface area contributed by atoms with Crippen molar-refractivity contribution in [1.82, 2.24) is 0 Å². The second kappa shape index (κ2) is 14.4. The van der Waals surface area contributed by atoms with E-state index in [1.54, 1.807) is 0 Å². The van der Waals surface area contributed by atoms with Crippen molar-refractivity contribution in [1.29, 1.82) is 0 Å². The number of para-hydroxylation sites is 1. The quantitative estimate of drug-likeness (QED) is 0.165. The maximum Gasteiger partial charge on any atom is 0.333 e. The lowest BCUT2D eigenvalue weighted by molar-refractivity contribution is 0.590. The minimum Gasteiger partial charge on any atom is -0.456 e. The van der Waals surface area contributed by atoms with Gasteiger partial charge in [0.05, 0.1) is 5.69 Å². The zero-order valence-electron chi connectivity index (χ0n) is 38.5. The molecule has 0 unspecified atom stereocenters. The van der Waals surface area contributed by atoms with Gasteiger partial charge in [0.15, 0.2) is 0 Å². The van der Waals surface area contributed by atoms with Gasteiger partial charge in [0.2, 0.25) is 0 Å². The lowest BCUT2D eigenvalue weighted by Crippen LogP contribution is -2.61. The fraction of sp³-hybridized carbons (Fsp3) is 0.200. The van der Waals surface area contributed by atoms with Crippen molar-refractivity contribution in [3.05, 3.63) is 187 Å². The molecule has 314 valence electrons. The Morgan fingerprint density at radius 3 is 1.61 bits per heavy atom. The summed E-state index contributed by atoms with van der Waals surface area (Å²) in [7, 11) is 0. The number of hydrogen-bond donors (Lipinski definition) is 0. The normalized spacial score (nSPS) is 13.6. The Bertz CT molecular complexity index is 3270. The minimum atomic E-state index is -0.187. The Labute approximate surface area is 379 Å². The molecule has 0 radical (unpaired) electrons. The third-order valence-electron chi connectivity index (χ3n) is 13.7. The number of nitrogens with zero attached hydrogens (tertiary/aromatic N) is 2. The second-order valence-corrected chi connectivity index (χ2v) is 21.0. The van der Waals surface area contributed by atoms with Crippen molar-refractivity contribution >= 4 is 68.1 Å². The maximum absolute atomic E-state index is 6.79. The SMILES string of the molecule is CC(C)(C)c1ccc(N2B3c4c(cc(-c5ccccc5)cc4N(c4ccc(C(C)(C)C)cc4-c4ccccc4)c4ccc5oc6ccccc6c5c43)-c3cc(C(C)(C)C)ccc32)cc1. The molecule has 0 saturated carbocycles. The van der Waals surface area contributed by atoms with Gasteiger partial charge in [-0.05, 0) is 133 Å². The van der Waals surface area contributed by atoms with E-state index in [1.807, 2.05) is 0 Å². The van der Waals surface area contributed by atoms with E-state index in [2.05, 4.69) is 242 Å². The maximum atomic E-state index is 6.79. The van der Waals surface area contributed by atoms with Gasteiger partial charge in [-0.15, -0.1) is 0 Å². The first kappa shape index (κ1) is 40.0. The van der Waals surface area contributed by atoms with Crippen LogP contribution in [0.5, 0.6) is 0 Å². The highest BCUT2D eigenvalue weighted by atomic mass is 16.3. The third kappa shape index (κ3) is 6.40. The van der Waals surface area contributed by atoms with E-state index in [1.165, 1.54) is 72.4 Å². The van der Waals surface area contributed by atoms with Gasteiger partial charge in [0.1, 0.15) is 11.2 Å². The molecule has 9 aromatic rings. The molecule has 0 aliphatic carbocycles. The van der Waals surface area contributed by atoms with Crippen LogP contribution in [0.25, 0.3) is 55.3 Å². The second-order valence-electron chi connectivity index (χ2n) is 21.0.